The molecule has 0 spiro atoms. The smallest absolute Gasteiger partial charge is 0.193 e. The number of guanidine groups is 1. The van der Waals surface area contributed by atoms with E-state index in [9.17, 15) is 0 Å². The average molecular weight is 481 g/mol. The minimum atomic E-state index is -0.0515. The first-order chi connectivity index (χ1) is 12.6. The van der Waals surface area contributed by atoms with Gasteiger partial charge in [0, 0.05) is 24.3 Å². The molecule has 3 N–H and O–H groups in total. The molecule has 6 heteroatoms. The van der Waals surface area contributed by atoms with Gasteiger partial charge in [-0.3, -0.25) is 4.99 Å². The Labute approximate surface area is 178 Å². The summed E-state index contributed by atoms with van der Waals surface area (Å²) >= 11 is 0. The van der Waals surface area contributed by atoms with Crippen LogP contribution < -0.4 is 15.8 Å². The predicted octanol–water partition coefficient (Wildman–Crippen LogP) is 4.10. The zero-order chi connectivity index (χ0) is 18.4. The summed E-state index contributed by atoms with van der Waals surface area (Å²) < 4.78 is 10.9. The van der Waals surface area contributed by atoms with Gasteiger partial charge >= 0.3 is 0 Å². The number of anilines is 1. The third-order valence-corrected chi connectivity index (χ3v) is 5.03. The summed E-state index contributed by atoms with van der Waals surface area (Å²) in [5, 5.41) is 3.17. The predicted molar refractivity (Wildman–Crippen MR) is 121 cm³/mol. The van der Waals surface area contributed by atoms with Crippen molar-refractivity contribution in [1.82, 2.24) is 0 Å². The number of methoxy groups -OCH3 is 1. The van der Waals surface area contributed by atoms with E-state index in [-0.39, 0.29) is 29.4 Å². The number of hydrogen-bond acceptors (Lipinski definition) is 3. The van der Waals surface area contributed by atoms with E-state index in [4.69, 9.17) is 15.2 Å². The molecule has 0 atom stereocenters. The topological polar surface area (TPSA) is 68.9 Å². The Morgan fingerprint density at radius 1 is 1.11 bits per heavy atom. The number of benzene rings is 2. The van der Waals surface area contributed by atoms with Crippen LogP contribution in [-0.4, -0.2) is 32.8 Å². The lowest BCUT2D eigenvalue weighted by Gasteiger charge is -2.36. The fourth-order valence-corrected chi connectivity index (χ4v) is 3.31. The Bertz CT molecular complexity index is 739. The van der Waals surface area contributed by atoms with E-state index in [1.807, 2.05) is 36.4 Å². The van der Waals surface area contributed by atoms with Crippen LogP contribution in [0.2, 0.25) is 0 Å². The van der Waals surface area contributed by atoms with E-state index in [2.05, 4.69) is 29.4 Å². The summed E-state index contributed by atoms with van der Waals surface area (Å²) in [6, 6.07) is 16.4. The Balaban J connectivity index is 0.00000261. The maximum absolute atomic E-state index is 6.13. The number of hydrogen-bond donors (Lipinski definition) is 2. The molecule has 1 saturated heterocycles. The SMILES string of the molecule is COc1ccc(C2(CN=C(N)Nc3ccc(C)cc3)CCOCC2)cc1.I. The molecule has 5 nitrogen and oxygen atoms in total. The molecule has 1 fully saturated rings. The monoisotopic (exact) mass is 481 g/mol. The lowest BCUT2D eigenvalue weighted by molar-refractivity contribution is 0.0531. The highest BCUT2D eigenvalue weighted by molar-refractivity contribution is 14.0. The Morgan fingerprint density at radius 2 is 1.74 bits per heavy atom. The first kappa shape index (κ1) is 21.5. The molecule has 1 aliphatic heterocycles. The molecule has 0 aliphatic carbocycles. The van der Waals surface area contributed by atoms with Gasteiger partial charge in [-0.2, -0.15) is 0 Å². The van der Waals surface area contributed by atoms with Crippen molar-refractivity contribution >= 4 is 35.6 Å². The van der Waals surface area contributed by atoms with Gasteiger partial charge in [0.25, 0.3) is 0 Å². The van der Waals surface area contributed by atoms with Crippen LogP contribution in [-0.2, 0) is 10.2 Å². The highest BCUT2D eigenvalue weighted by atomic mass is 127. The fourth-order valence-electron chi connectivity index (χ4n) is 3.31. The van der Waals surface area contributed by atoms with Gasteiger partial charge in [0.05, 0.1) is 13.7 Å². The van der Waals surface area contributed by atoms with Crippen molar-refractivity contribution in [1.29, 1.82) is 0 Å². The zero-order valence-electron chi connectivity index (χ0n) is 15.9. The van der Waals surface area contributed by atoms with Gasteiger partial charge in [-0.25, -0.2) is 0 Å². The van der Waals surface area contributed by atoms with Crippen LogP contribution in [0.1, 0.15) is 24.0 Å². The lowest BCUT2D eigenvalue weighted by Crippen LogP contribution is -2.38. The van der Waals surface area contributed by atoms with E-state index < -0.39 is 0 Å². The number of aliphatic imine (C=N–C) groups is 1. The molecule has 0 unspecified atom stereocenters. The lowest BCUT2D eigenvalue weighted by atomic mass is 9.74. The maximum Gasteiger partial charge on any atom is 0.193 e. The highest BCUT2D eigenvalue weighted by Crippen LogP contribution is 2.36. The van der Waals surface area contributed by atoms with Crippen molar-refractivity contribution in [3.63, 3.8) is 0 Å². The van der Waals surface area contributed by atoms with Crippen molar-refractivity contribution in [3.05, 3.63) is 59.7 Å². The van der Waals surface area contributed by atoms with E-state index in [0.29, 0.717) is 12.5 Å². The number of nitrogens with one attached hydrogen (secondary N) is 1. The molecule has 0 amide bonds. The van der Waals surface area contributed by atoms with Gasteiger partial charge in [0.1, 0.15) is 5.75 Å². The van der Waals surface area contributed by atoms with Crippen molar-refractivity contribution < 1.29 is 9.47 Å². The van der Waals surface area contributed by atoms with Crippen LogP contribution >= 0.6 is 24.0 Å². The number of nitrogens with two attached hydrogens (primary N) is 1. The van der Waals surface area contributed by atoms with Gasteiger partial charge in [-0.1, -0.05) is 29.8 Å². The van der Waals surface area contributed by atoms with Gasteiger partial charge < -0.3 is 20.5 Å². The molecule has 2 aromatic carbocycles. The average Bonchev–Trinajstić information content (AvgIpc) is 2.69. The molecule has 1 aliphatic rings. The molecule has 2 aromatic rings. The summed E-state index contributed by atoms with van der Waals surface area (Å²) in [6.07, 6.45) is 1.86. The van der Waals surface area contributed by atoms with Crippen molar-refractivity contribution in [2.24, 2.45) is 10.7 Å². The zero-order valence-corrected chi connectivity index (χ0v) is 18.2. The molecule has 3 rings (SSSR count). The van der Waals surface area contributed by atoms with Crippen LogP contribution in [0.15, 0.2) is 53.5 Å². The largest absolute Gasteiger partial charge is 0.497 e. The van der Waals surface area contributed by atoms with Crippen molar-refractivity contribution in [3.8, 4) is 5.75 Å². The summed E-state index contributed by atoms with van der Waals surface area (Å²) in [5.74, 6) is 1.30. The van der Waals surface area contributed by atoms with Gasteiger partial charge in [-0.15, -0.1) is 24.0 Å². The molecular formula is C21H28IN3O2. The molecule has 27 heavy (non-hydrogen) atoms. The second-order valence-corrected chi connectivity index (χ2v) is 6.81. The van der Waals surface area contributed by atoms with E-state index in [1.54, 1.807) is 7.11 Å². The Hall–Kier alpha value is -1.80. The summed E-state index contributed by atoms with van der Waals surface area (Å²) in [5.41, 5.74) is 9.50. The van der Waals surface area contributed by atoms with Crippen LogP contribution in [0.4, 0.5) is 5.69 Å². The molecule has 0 saturated carbocycles. The normalized spacial score (nSPS) is 16.3. The number of rotatable bonds is 5. The first-order valence-corrected chi connectivity index (χ1v) is 8.97. The molecule has 1 heterocycles. The summed E-state index contributed by atoms with van der Waals surface area (Å²) in [7, 11) is 1.68. The number of halogens is 1. The fraction of sp³-hybridized carbons (Fsp3) is 0.381. The van der Waals surface area contributed by atoms with Gasteiger partial charge in [-0.05, 0) is 49.6 Å². The quantitative estimate of drug-likeness (QED) is 0.384. The van der Waals surface area contributed by atoms with Crippen LogP contribution in [0.25, 0.3) is 0 Å². The molecular weight excluding hydrogens is 453 g/mol. The second-order valence-electron chi connectivity index (χ2n) is 6.81. The third kappa shape index (κ3) is 5.59. The summed E-state index contributed by atoms with van der Waals surface area (Å²) in [6.45, 7) is 4.18. The number of aryl methyl sites for hydroxylation is 1. The van der Waals surface area contributed by atoms with E-state index in [0.717, 1.165) is 37.5 Å². The Kier molecular flexibility index (Phi) is 7.91. The standard InChI is InChI=1S/C21H27N3O2.HI/c1-16-3-7-18(8-4-16)24-20(22)23-15-21(11-13-26-14-12-21)17-5-9-19(25-2)10-6-17;/h3-10H,11-15H2,1-2H3,(H3,22,23,24);1H. The molecule has 0 aromatic heterocycles. The van der Waals surface area contributed by atoms with Gasteiger partial charge in [0.15, 0.2) is 5.96 Å². The van der Waals surface area contributed by atoms with Crippen LogP contribution in [0, 0.1) is 6.92 Å². The highest BCUT2D eigenvalue weighted by Gasteiger charge is 2.34. The van der Waals surface area contributed by atoms with Crippen molar-refractivity contribution in [2.75, 3.05) is 32.2 Å². The van der Waals surface area contributed by atoms with E-state index in [1.165, 1.54) is 11.1 Å². The molecule has 146 valence electrons. The minimum Gasteiger partial charge on any atom is -0.497 e. The second kappa shape index (κ2) is 9.94. The van der Waals surface area contributed by atoms with E-state index >= 15 is 0 Å². The third-order valence-electron chi connectivity index (χ3n) is 5.03. The Morgan fingerprint density at radius 3 is 2.33 bits per heavy atom. The van der Waals surface area contributed by atoms with Crippen molar-refractivity contribution in [2.45, 2.75) is 25.2 Å². The molecule has 0 radical (unpaired) electrons. The maximum atomic E-state index is 6.13. The number of ether oxygens (including phenoxy) is 2. The minimum absolute atomic E-state index is 0. The molecule has 0 bridgehead atoms. The van der Waals surface area contributed by atoms with Gasteiger partial charge in [0.2, 0.25) is 0 Å². The van der Waals surface area contributed by atoms with Crippen LogP contribution in [0.5, 0.6) is 5.75 Å². The number of nitrogens with zero attached hydrogens (tertiary/aromatic N) is 1. The first-order valence-electron chi connectivity index (χ1n) is 8.97. The summed E-state index contributed by atoms with van der Waals surface area (Å²) in [4.78, 5) is 4.65. The van der Waals surface area contributed by atoms with Crippen LogP contribution in [0.3, 0.4) is 0 Å².